The molecule has 2 heterocycles. The topological polar surface area (TPSA) is 135 Å². The van der Waals surface area contributed by atoms with Crippen LogP contribution in [0.1, 0.15) is 24.0 Å². The third-order valence-corrected chi connectivity index (χ3v) is 5.86. The maximum absolute atomic E-state index is 12.6. The highest BCUT2D eigenvalue weighted by Crippen LogP contribution is 2.32. The maximum Gasteiger partial charge on any atom is 0.573 e. The lowest BCUT2D eigenvalue weighted by Crippen LogP contribution is -2.18. The Kier molecular flexibility index (Phi) is 10.1. The molecule has 0 unspecified atom stereocenters. The van der Waals surface area contributed by atoms with Crippen LogP contribution in [0, 0.1) is 0 Å². The second-order valence-corrected chi connectivity index (χ2v) is 8.96. The number of aliphatic hydroxyl groups excluding tert-OH is 1. The van der Waals surface area contributed by atoms with Gasteiger partial charge in [-0.3, -0.25) is 5.10 Å². The molecular formula is C27H30F3N5O5. The summed E-state index contributed by atoms with van der Waals surface area (Å²) in [4.78, 5) is 0. The molecular weight excluding hydrogens is 531 g/mol. The zero-order chi connectivity index (χ0) is 28.4. The Balaban J connectivity index is 1.16. The van der Waals surface area contributed by atoms with E-state index in [1.165, 1.54) is 18.2 Å². The van der Waals surface area contributed by atoms with Crippen LogP contribution in [0.3, 0.4) is 0 Å². The molecule has 40 heavy (non-hydrogen) atoms. The number of rotatable bonds is 15. The van der Waals surface area contributed by atoms with Crippen molar-refractivity contribution in [2.45, 2.75) is 32.2 Å². The van der Waals surface area contributed by atoms with Gasteiger partial charge in [-0.15, -0.1) is 18.3 Å². The Bertz CT molecular complexity index is 1380. The van der Waals surface area contributed by atoms with Crippen LogP contribution in [-0.4, -0.2) is 69.9 Å². The monoisotopic (exact) mass is 561 g/mol. The molecule has 0 spiro atoms. The van der Waals surface area contributed by atoms with Crippen LogP contribution in [0.5, 0.6) is 17.4 Å². The van der Waals surface area contributed by atoms with E-state index >= 15 is 0 Å². The highest BCUT2D eigenvalue weighted by molar-refractivity contribution is 5.89. The van der Waals surface area contributed by atoms with Crippen molar-refractivity contribution in [1.82, 2.24) is 25.7 Å². The number of hydrogen-bond acceptors (Lipinski definition) is 9. The van der Waals surface area contributed by atoms with Crippen LogP contribution in [-0.2, 0) is 17.7 Å². The Morgan fingerprint density at radius 2 is 1.77 bits per heavy atom. The summed E-state index contributed by atoms with van der Waals surface area (Å²) in [5, 5.41) is 37.1. The summed E-state index contributed by atoms with van der Waals surface area (Å²) in [6.07, 6.45) is 0.304. The lowest BCUT2D eigenvalue weighted by Gasteiger charge is -2.13. The van der Waals surface area contributed by atoms with Gasteiger partial charge in [-0.2, -0.15) is 10.2 Å². The molecule has 4 N–H and O–H groups in total. The Hall–Kier alpha value is -3.94. The standard InChI is InChI=1S/C27H30F3N5O5/c28-27(29,30)40-22-10-18(3-5-36)9-19(11-22)15-31-4-1-2-6-38-7-8-39-25-13-20(12-24-23(25)17-33-34-24)21-14-26(37)35-32-16-21/h9-14,16-17,31,36H,1-8,15H2,(H,33,34)(H,35,37). The number of aromatic hydroxyl groups is 1. The third-order valence-electron chi connectivity index (χ3n) is 5.86. The fourth-order valence-corrected chi connectivity index (χ4v) is 4.11. The van der Waals surface area contributed by atoms with Gasteiger partial charge in [-0.1, -0.05) is 6.07 Å². The summed E-state index contributed by atoms with van der Waals surface area (Å²) >= 11 is 0. The molecule has 13 heteroatoms. The van der Waals surface area contributed by atoms with E-state index in [0.717, 1.165) is 29.3 Å². The van der Waals surface area contributed by atoms with Crippen LogP contribution in [0.15, 0.2) is 48.8 Å². The molecule has 0 aliphatic carbocycles. The predicted molar refractivity (Wildman–Crippen MR) is 140 cm³/mol. The van der Waals surface area contributed by atoms with E-state index in [4.69, 9.17) is 14.6 Å². The number of nitrogens with zero attached hydrogens (tertiary/aromatic N) is 3. The fraction of sp³-hybridized carbons (Fsp3) is 0.370. The van der Waals surface area contributed by atoms with Gasteiger partial charge < -0.3 is 29.7 Å². The van der Waals surface area contributed by atoms with Gasteiger partial charge in [0, 0.05) is 31.4 Å². The number of hydrogen-bond donors (Lipinski definition) is 4. The zero-order valence-electron chi connectivity index (χ0n) is 21.6. The molecule has 0 fully saturated rings. The number of halogens is 3. The summed E-state index contributed by atoms with van der Waals surface area (Å²) in [6, 6.07) is 9.62. The second-order valence-electron chi connectivity index (χ2n) is 8.96. The van der Waals surface area contributed by atoms with Gasteiger partial charge in [0.05, 0.1) is 29.9 Å². The quantitative estimate of drug-likeness (QED) is 0.158. The van der Waals surface area contributed by atoms with Gasteiger partial charge in [0.2, 0.25) is 5.88 Å². The normalized spacial score (nSPS) is 11.7. The smallest absolute Gasteiger partial charge is 0.492 e. The molecule has 4 aromatic rings. The number of aliphatic hydroxyl groups is 1. The van der Waals surface area contributed by atoms with Gasteiger partial charge >= 0.3 is 6.36 Å². The second kappa shape index (κ2) is 13.9. The zero-order valence-corrected chi connectivity index (χ0v) is 21.6. The molecule has 214 valence electrons. The van der Waals surface area contributed by atoms with Gasteiger partial charge in [-0.05, 0) is 66.8 Å². The number of fused-ring (bicyclic) bond motifs is 1. The lowest BCUT2D eigenvalue weighted by atomic mass is 10.1. The highest BCUT2D eigenvalue weighted by atomic mass is 19.4. The van der Waals surface area contributed by atoms with Crippen LogP contribution < -0.4 is 14.8 Å². The maximum atomic E-state index is 12.6. The van der Waals surface area contributed by atoms with Crippen LogP contribution >= 0.6 is 0 Å². The largest absolute Gasteiger partial charge is 0.573 e. The van der Waals surface area contributed by atoms with Crippen molar-refractivity contribution in [2.24, 2.45) is 0 Å². The number of aromatic nitrogens is 4. The molecule has 2 aromatic heterocycles. The van der Waals surface area contributed by atoms with E-state index in [9.17, 15) is 18.3 Å². The number of unbranched alkanes of at least 4 members (excludes halogenated alkanes) is 1. The summed E-state index contributed by atoms with van der Waals surface area (Å²) in [6.45, 7) is 2.11. The SMILES string of the molecule is OCCc1cc(CNCCCCOCCOc2cc(-c3cnnc(O)c3)cc3[nH]ncc23)cc(OC(F)(F)F)c1. The van der Waals surface area contributed by atoms with E-state index < -0.39 is 6.36 Å². The van der Waals surface area contributed by atoms with Crippen molar-refractivity contribution in [3.8, 4) is 28.5 Å². The van der Waals surface area contributed by atoms with Crippen molar-refractivity contribution in [3.63, 3.8) is 0 Å². The predicted octanol–water partition coefficient (Wildman–Crippen LogP) is 4.12. The number of nitrogens with one attached hydrogen (secondary N) is 2. The van der Waals surface area contributed by atoms with Gasteiger partial charge in [0.15, 0.2) is 0 Å². The molecule has 0 saturated carbocycles. The number of ether oxygens (including phenoxy) is 3. The van der Waals surface area contributed by atoms with E-state index in [2.05, 4.69) is 30.4 Å². The molecule has 0 saturated heterocycles. The first-order valence-corrected chi connectivity index (χ1v) is 12.7. The number of aromatic amines is 1. The number of benzene rings is 2. The first-order valence-electron chi connectivity index (χ1n) is 12.7. The van der Waals surface area contributed by atoms with Gasteiger partial charge in [0.1, 0.15) is 18.1 Å². The van der Waals surface area contributed by atoms with Crippen molar-refractivity contribution in [3.05, 3.63) is 59.9 Å². The summed E-state index contributed by atoms with van der Waals surface area (Å²) in [5.41, 5.74) is 3.47. The van der Waals surface area contributed by atoms with E-state index in [0.29, 0.717) is 55.4 Å². The van der Waals surface area contributed by atoms with Crippen molar-refractivity contribution < 1.29 is 37.6 Å². The molecule has 0 amide bonds. The molecule has 0 atom stereocenters. The molecule has 10 nitrogen and oxygen atoms in total. The van der Waals surface area contributed by atoms with Gasteiger partial charge in [0.25, 0.3) is 0 Å². The molecule has 0 radical (unpaired) electrons. The Labute approximate surface area is 228 Å². The molecule has 2 aromatic carbocycles. The van der Waals surface area contributed by atoms with E-state index in [1.807, 2.05) is 12.1 Å². The summed E-state index contributed by atoms with van der Waals surface area (Å²) in [5.74, 6) is 0.155. The molecule has 0 bridgehead atoms. The number of alkyl halides is 3. The van der Waals surface area contributed by atoms with Crippen molar-refractivity contribution in [1.29, 1.82) is 0 Å². The Morgan fingerprint density at radius 1 is 0.925 bits per heavy atom. The van der Waals surface area contributed by atoms with Crippen LogP contribution in [0.4, 0.5) is 13.2 Å². The lowest BCUT2D eigenvalue weighted by molar-refractivity contribution is -0.274. The number of H-pyrrole nitrogens is 1. The third kappa shape index (κ3) is 8.79. The van der Waals surface area contributed by atoms with E-state index in [-0.39, 0.29) is 24.7 Å². The molecule has 4 rings (SSSR count). The molecule has 0 aliphatic heterocycles. The van der Waals surface area contributed by atoms with E-state index in [1.54, 1.807) is 18.5 Å². The first-order chi connectivity index (χ1) is 19.3. The van der Waals surface area contributed by atoms with Crippen LogP contribution in [0.2, 0.25) is 0 Å². The average Bonchev–Trinajstić information content (AvgIpc) is 3.38. The fourth-order valence-electron chi connectivity index (χ4n) is 4.11. The first kappa shape index (κ1) is 29.1. The minimum Gasteiger partial charge on any atom is -0.492 e. The summed E-state index contributed by atoms with van der Waals surface area (Å²) in [7, 11) is 0. The van der Waals surface area contributed by atoms with Gasteiger partial charge in [-0.25, -0.2) is 0 Å². The minimum absolute atomic E-state index is 0.165. The Morgan fingerprint density at radius 3 is 2.58 bits per heavy atom. The minimum atomic E-state index is -4.77. The summed E-state index contributed by atoms with van der Waals surface area (Å²) < 4.78 is 53.4. The molecule has 0 aliphatic rings. The van der Waals surface area contributed by atoms with Crippen molar-refractivity contribution >= 4 is 10.9 Å². The van der Waals surface area contributed by atoms with Crippen LogP contribution in [0.25, 0.3) is 22.0 Å². The highest BCUT2D eigenvalue weighted by Gasteiger charge is 2.31. The van der Waals surface area contributed by atoms with Crippen molar-refractivity contribution in [2.75, 3.05) is 33.0 Å². The average molecular weight is 562 g/mol.